The number of likely N-dealkylation sites (tertiary alicyclic amines) is 1. The highest BCUT2D eigenvalue weighted by Crippen LogP contribution is 2.61. The summed E-state index contributed by atoms with van der Waals surface area (Å²) in [7, 11) is -0.179. The third-order valence-electron chi connectivity index (χ3n) is 13.1. The second kappa shape index (κ2) is 13.6. The van der Waals surface area contributed by atoms with Gasteiger partial charge in [-0.05, 0) is 99.6 Å². The maximum absolute atomic E-state index is 15.0. The molecule has 0 aromatic heterocycles. The van der Waals surface area contributed by atoms with Gasteiger partial charge in [0.2, 0.25) is 5.91 Å². The molecule has 6 aliphatic rings. The number of carbonyl (C=O) groups excluding carboxylic acids is 2. The highest BCUT2D eigenvalue weighted by Gasteiger charge is 2.67. The van der Waals surface area contributed by atoms with Gasteiger partial charge in [0.25, 0.3) is 5.91 Å². The molecule has 3 heterocycles. The molecule has 2 amide bonds. The van der Waals surface area contributed by atoms with Gasteiger partial charge < -0.3 is 24.4 Å². The van der Waals surface area contributed by atoms with E-state index in [0.29, 0.717) is 30.5 Å². The van der Waals surface area contributed by atoms with Crippen LogP contribution in [0.1, 0.15) is 103 Å². The Balaban J connectivity index is 1.33. The SMILES string of the molecule is COC1CCC([Si](C)(C)[C@@H]2[C@@H](CC(=O)N3CCC[C@H]3CO)O[C@]3(C(=O)N(CC4CCC(I)CC4)C4=C3CCCC4)[C@H]2C)CC1. The van der Waals surface area contributed by atoms with Gasteiger partial charge in [0, 0.05) is 35.7 Å². The van der Waals surface area contributed by atoms with E-state index in [1.807, 2.05) is 12.0 Å². The van der Waals surface area contributed by atoms with Crippen molar-refractivity contribution >= 4 is 42.5 Å². The number of ether oxygens (including phenoxy) is 2. The van der Waals surface area contributed by atoms with Crippen LogP contribution in [0.15, 0.2) is 11.3 Å². The zero-order valence-electron chi connectivity index (χ0n) is 27.7. The van der Waals surface area contributed by atoms with Crippen LogP contribution in [0, 0.1) is 11.8 Å². The van der Waals surface area contributed by atoms with E-state index in [4.69, 9.17) is 9.47 Å². The van der Waals surface area contributed by atoms with Gasteiger partial charge in [-0.3, -0.25) is 9.59 Å². The summed E-state index contributed by atoms with van der Waals surface area (Å²) in [6.45, 7) is 8.96. The fourth-order valence-corrected chi connectivity index (χ4v) is 16.4. The number of halogens is 1. The van der Waals surface area contributed by atoms with Crippen molar-refractivity contribution in [2.75, 3.05) is 26.8 Å². The molecular formula is C35H57IN2O5Si. The molecule has 1 N–H and O–H groups in total. The minimum absolute atomic E-state index is 0.0210. The van der Waals surface area contributed by atoms with E-state index < -0.39 is 13.7 Å². The highest BCUT2D eigenvalue weighted by molar-refractivity contribution is 14.1. The first-order valence-electron chi connectivity index (χ1n) is 17.9. The smallest absolute Gasteiger partial charge is 0.263 e. The van der Waals surface area contributed by atoms with Crippen LogP contribution in [0.4, 0.5) is 0 Å². The fourth-order valence-electron chi connectivity index (χ4n) is 10.6. The predicted octanol–water partition coefficient (Wildman–Crippen LogP) is 6.84. The summed E-state index contributed by atoms with van der Waals surface area (Å²) >= 11 is 2.60. The van der Waals surface area contributed by atoms with Crippen LogP contribution in [0.25, 0.3) is 0 Å². The third-order valence-corrected chi connectivity index (χ3v) is 19.6. The summed E-state index contributed by atoms with van der Waals surface area (Å²) in [6, 6.07) is -0.0859. The molecule has 3 aliphatic heterocycles. The molecule has 0 radical (unpaired) electrons. The highest BCUT2D eigenvalue weighted by atomic mass is 127. The largest absolute Gasteiger partial charge is 0.394 e. The van der Waals surface area contributed by atoms with E-state index in [-0.39, 0.29) is 42.0 Å². The van der Waals surface area contributed by atoms with Crippen molar-refractivity contribution in [3.63, 3.8) is 0 Å². The van der Waals surface area contributed by atoms with Crippen LogP contribution in [-0.2, 0) is 19.1 Å². The molecule has 6 rings (SSSR count). The average Bonchev–Trinajstić information content (AvgIpc) is 3.69. The second-order valence-corrected chi connectivity index (χ2v) is 22.6. The minimum atomic E-state index is -2.02. The Morgan fingerprint density at radius 2 is 1.75 bits per heavy atom. The number of hydrogen-bond acceptors (Lipinski definition) is 5. The lowest BCUT2D eigenvalue weighted by Crippen LogP contribution is -2.50. The summed E-state index contributed by atoms with van der Waals surface area (Å²) < 4.78 is 13.8. The molecule has 248 valence electrons. The Labute approximate surface area is 280 Å². The number of aliphatic hydroxyl groups is 1. The Bertz CT molecular complexity index is 1100. The summed E-state index contributed by atoms with van der Waals surface area (Å²) in [6.07, 6.45) is 15.8. The van der Waals surface area contributed by atoms with E-state index in [1.165, 1.54) is 49.8 Å². The van der Waals surface area contributed by atoms with Crippen LogP contribution < -0.4 is 0 Å². The number of alkyl halides is 1. The maximum Gasteiger partial charge on any atom is 0.263 e. The number of fused-ring (bicyclic) bond motifs is 1. The Morgan fingerprint density at radius 1 is 1.05 bits per heavy atom. The second-order valence-electron chi connectivity index (χ2n) is 15.7. The molecule has 0 bridgehead atoms. The predicted molar refractivity (Wildman–Crippen MR) is 184 cm³/mol. The van der Waals surface area contributed by atoms with Crippen LogP contribution in [0.3, 0.4) is 0 Å². The Kier molecular flexibility index (Phi) is 10.3. The number of hydrogen-bond donors (Lipinski definition) is 1. The van der Waals surface area contributed by atoms with E-state index in [2.05, 4.69) is 47.5 Å². The molecular weight excluding hydrogens is 683 g/mol. The van der Waals surface area contributed by atoms with Crippen molar-refractivity contribution in [2.24, 2.45) is 11.8 Å². The molecule has 0 aromatic rings. The summed E-state index contributed by atoms with van der Waals surface area (Å²) in [5, 5.41) is 10.0. The quantitative estimate of drug-likeness (QED) is 0.168. The summed E-state index contributed by atoms with van der Waals surface area (Å²) in [4.78, 5) is 33.1. The maximum atomic E-state index is 15.0. The Morgan fingerprint density at radius 3 is 2.43 bits per heavy atom. The first kappa shape index (κ1) is 33.4. The van der Waals surface area contributed by atoms with Crippen molar-refractivity contribution in [2.45, 2.75) is 155 Å². The van der Waals surface area contributed by atoms with Crippen LogP contribution in [-0.4, -0.2) is 89.4 Å². The standard InChI is InChI=1S/C35H57IN2O5Si/c1-23-33(44(3,4)28-17-15-27(42-2)16-18-28)31(20-32(40)37-19-7-8-26(37)22-39)43-35(23)29-9-5-6-10-30(29)38(34(35)41)21-24-11-13-25(36)14-12-24/h23-28,31,33,39H,5-22H2,1-4H3/t23-,24?,25?,26-,27?,28?,31+,33-,35+/m0/s1. The van der Waals surface area contributed by atoms with Gasteiger partial charge >= 0.3 is 0 Å². The molecule has 4 fully saturated rings. The zero-order chi connectivity index (χ0) is 31.2. The van der Waals surface area contributed by atoms with Gasteiger partial charge in [-0.25, -0.2) is 0 Å². The lowest BCUT2D eigenvalue weighted by Gasteiger charge is -2.45. The number of aliphatic hydroxyl groups excluding tert-OH is 1. The van der Waals surface area contributed by atoms with Crippen molar-refractivity contribution in [3.8, 4) is 0 Å². The molecule has 0 unspecified atom stereocenters. The normalized spacial score (nSPS) is 39.9. The van der Waals surface area contributed by atoms with E-state index in [1.54, 1.807) is 0 Å². The summed E-state index contributed by atoms with van der Waals surface area (Å²) in [5.74, 6) is 0.910. The van der Waals surface area contributed by atoms with Crippen LogP contribution in [0.2, 0.25) is 24.2 Å². The molecule has 44 heavy (non-hydrogen) atoms. The first-order chi connectivity index (χ1) is 21.1. The van der Waals surface area contributed by atoms with Crippen molar-refractivity contribution in [3.05, 3.63) is 11.3 Å². The molecule has 5 atom stereocenters. The summed E-state index contributed by atoms with van der Waals surface area (Å²) in [5.41, 5.74) is 2.48. The lowest BCUT2D eigenvalue weighted by molar-refractivity contribution is -0.152. The van der Waals surface area contributed by atoms with Crippen LogP contribution in [0.5, 0.6) is 0 Å². The van der Waals surface area contributed by atoms with Crippen molar-refractivity contribution in [1.29, 1.82) is 0 Å². The van der Waals surface area contributed by atoms with E-state index in [9.17, 15) is 14.7 Å². The first-order valence-corrected chi connectivity index (χ1v) is 22.3. The van der Waals surface area contributed by atoms with Crippen LogP contribution >= 0.6 is 22.6 Å². The van der Waals surface area contributed by atoms with E-state index >= 15 is 0 Å². The number of carbonyl (C=O) groups is 2. The molecule has 7 nitrogen and oxygen atoms in total. The number of allylic oxidation sites excluding steroid dienone is 1. The molecule has 0 aromatic carbocycles. The number of rotatable bonds is 8. The molecule has 9 heteroatoms. The van der Waals surface area contributed by atoms with Gasteiger partial charge in [0.05, 0.1) is 39.4 Å². The van der Waals surface area contributed by atoms with Crippen molar-refractivity contribution in [1.82, 2.24) is 9.80 Å². The number of nitrogens with zero attached hydrogens (tertiary/aromatic N) is 2. The van der Waals surface area contributed by atoms with Gasteiger partial charge in [-0.1, -0.05) is 55.5 Å². The lowest BCUT2D eigenvalue weighted by atomic mass is 9.78. The van der Waals surface area contributed by atoms with Gasteiger partial charge in [0.1, 0.15) is 0 Å². The van der Waals surface area contributed by atoms with Gasteiger partial charge in [0.15, 0.2) is 5.60 Å². The topological polar surface area (TPSA) is 79.3 Å². The molecule has 1 spiro atoms. The molecule has 3 aliphatic carbocycles. The fraction of sp³-hybridized carbons (Fsp3) is 0.886. The molecule has 2 saturated carbocycles. The van der Waals surface area contributed by atoms with E-state index in [0.717, 1.165) is 61.8 Å². The van der Waals surface area contributed by atoms with Gasteiger partial charge in [-0.15, -0.1) is 0 Å². The van der Waals surface area contributed by atoms with Crippen molar-refractivity contribution < 1.29 is 24.2 Å². The minimum Gasteiger partial charge on any atom is -0.394 e. The molecule has 2 saturated heterocycles. The Hall–Kier alpha value is -0.493. The monoisotopic (exact) mass is 740 g/mol. The number of methoxy groups -OCH3 is 1. The zero-order valence-corrected chi connectivity index (χ0v) is 30.9. The third kappa shape index (κ3) is 5.89. The average molecular weight is 741 g/mol. The van der Waals surface area contributed by atoms with Gasteiger partial charge in [-0.2, -0.15) is 0 Å². The number of amides is 2.